The SMILES string of the molecule is Nc1nc(NCc2ccccc2-c2cccs2)c2[nH]cnc2n1. The number of aromatic amines is 1. The van der Waals surface area contributed by atoms with Gasteiger partial charge in [0.25, 0.3) is 0 Å². The van der Waals surface area contributed by atoms with Gasteiger partial charge in [0.15, 0.2) is 11.5 Å². The van der Waals surface area contributed by atoms with Crippen LogP contribution < -0.4 is 11.1 Å². The molecule has 0 saturated heterocycles. The number of nitrogens with two attached hydrogens (primary N) is 1. The number of hydrogen-bond acceptors (Lipinski definition) is 6. The molecule has 0 aliphatic carbocycles. The fourth-order valence-corrected chi connectivity index (χ4v) is 3.29. The number of nitrogen functional groups attached to an aromatic ring is 1. The van der Waals surface area contributed by atoms with Crippen molar-refractivity contribution in [1.29, 1.82) is 0 Å². The van der Waals surface area contributed by atoms with Crippen molar-refractivity contribution in [3.8, 4) is 10.4 Å². The van der Waals surface area contributed by atoms with Gasteiger partial charge in [0, 0.05) is 11.4 Å². The quantitative estimate of drug-likeness (QED) is 0.536. The minimum Gasteiger partial charge on any atom is -0.368 e. The van der Waals surface area contributed by atoms with Crippen LogP contribution in [0, 0.1) is 0 Å². The maximum atomic E-state index is 5.75. The van der Waals surface area contributed by atoms with E-state index in [4.69, 9.17) is 5.73 Å². The molecule has 0 aliphatic heterocycles. The molecule has 0 amide bonds. The molecule has 4 rings (SSSR count). The number of benzene rings is 1. The molecular weight excluding hydrogens is 308 g/mol. The Morgan fingerprint density at radius 1 is 1.13 bits per heavy atom. The standard InChI is InChI=1S/C16H14N6S/c17-16-21-14(13-15(22-16)20-9-19-13)18-8-10-4-1-2-5-11(10)12-6-3-7-23-12/h1-7,9H,8H2,(H4,17,18,19,20,21,22). The zero-order valence-corrected chi connectivity index (χ0v) is 13.0. The molecule has 0 spiro atoms. The van der Waals surface area contributed by atoms with Crippen LogP contribution in [-0.4, -0.2) is 19.9 Å². The molecule has 7 heteroatoms. The summed E-state index contributed by atoms with van der Waals surface area (Å²) in [6.07, 6.45) is 1.59. The van der Waals surface area contributed by atoms with Gasteiger partial charge < -0.3 is 16.0 Å². The molecule has 3 heterocycles. The average molecular weight is 322 g/mol. The number of nitrogens with zero attached hydrogens (tertiary/aromatic N) is 3. The molecule has 4 aromatic rings. The predicted octanol–water partition coefficient (Wildman–Crippen LogP) is 3.28. The summed E-state index contributed by atoms with van der Waals surface area (Å²) >= 11 is 1.73. The van der Waals surface area contributed by atoms with Crippen LogP contribution in [-0.2, 0) is 6.54 Å². The first-order valence-corrected chi connectivity index (χ1v) is 8.01. The topological polar surface area (TPSA) is 92.5 Å². The van der Waals surface area contributed by atoms with Crippen molar-refractivity contribution in [3.63, 3.8) is 0 Å². The molecule has 23 heavy (non-hydrogen) atoms. The maximum absolute atomic E-state index is 5.75. The summed E-state index contributed by atoms with van der Waals surface area (Å²) in [5.74, 6) is 0.865. The Balaban J connectivity index is 1.66. The summed E-state index contributed by atoms with van der Waals surface area (Å²) < 4.78 is 0. The average Bonchev–Trinajstić information content (AvgIpc) is 3.24. The highest BCUT2D eigenvalue weighted by molar-refractivity contribution is 7.13. The number of aromatic nitrogens is 4. The first kappa shape index (κ1) is 13.7. The number of thiophene rings is 1. The summed E-state index contributed by atoms with van der Waals surface area (Å²) in [5, 5.41) is 5.42. The fourth-order valence-electron chi connectivity index (χ4n) is 2.50. The summed E-state index contributed by atoms with van der Waals surface area (Å²) in [4.78, 5) is 16.8. The number of hydrogen-bond donors (Lipinski definition) is 3. The molecular formula is C16H14N6S. The van der Waals surface area contributed by atoms with Crippen molar-refractivity contribution < 1.29 is 0 Å². The molecule has 114 valence electrons. The van der Waals surface area contributed by atoms with Gasteiger partial charge in [-0.3, -0.25) is 0 Å². The molecule has 0 unspecified atom stereocenters. The largest absolute Gasteiger partial charge is 0.368 e. The Hall–Kier alpha value is -2.93. The summed E-state index contributed by atoms with van der Waals surface area (Å²) in [6.45, 7) is 0.638. The van der Waals surface area contributed by atoms with Gasteiger partial charge in [-0.05, 0) is 22.6 Å². The van der Waals surface area contributed by atoms with Gasteiger partial charge in [-0.2, -0.15) is 9.97 Å². The second kappa shape index (κ2) is 5.69. The van der Waals surface area contributed by atoms with E-state index < -0.39 is 0 Å². The Morgan fingerprint density at radius 2 is 2.04 bits per heavy atom. The van der Waals surface area contributed by atoms with Crippen LogP contribution in [0.2, 0.25) is 0 Å². The maximum Gasteiger partial charge on any atom is 0.224 e. The summed E-state index contributed by atoms with van der Waals surface area (Å²) in [6, 6.07) is 12.5. The third-order valence-electron chi connectivity index (χ3n) is 3.55. The monoisotopic (exact) mass is 322 g/mol. The number of H-pyrrole nitrogens is 1. The van der Waals surface area contributed by atoms with Crippen molar-refractivity contribution in [2.45, 2.75) is 6.54 Å². The molecule has 0 bridgehead atoms. The van der Waals surface area contributed by atoms with Crippen LogP contribution in [0.3, 0.4) is 0 Å². The number of nitrogens with one attached hydrogen (secondary N) is 2. The van der Waals surface area contributed by atoms with Gasteiger partial charge in [0.05, 0.1) is 6.33 Å². The number of anilines is 2. The minimum absolute atomic E-state index is 0.207. The second-order valence-corrected chi connectivity index (χ2v) is 5.97. The molecule has 0 atom stereocenters. The lowest BCUT2D eigenvalue weighted by atomic mass is 10.1. The third kappa shape index (κ3) is 2.62. The van der Waals surface area contributed by atoms with E-state index in [9.17, 15) is 0 Å². The Morgan fingerprint density at radius 3 is 2.91 bits per heavy atom. The lowest BCUT2D eigenvalue weighted by Crippen LogP contribution is -2.06. The van der Waals surface area contributed by atoms with Crippen molar-refractivity contribution in [3.05, 3.63) is 53.7 Å². The zero-order chi connectivity index (χ0) is 15.6. The molecule has 0 saturated carbocycles. The van der Waals surface area contributed by atoms with Crippen LogP contribution in [0.4, 0.5) is 11.8 Å². The van der Waals surface area contributed by atoms with E-state index in [1.54, 1.807) is 17.7 Å². The summed E-state index contributed by atoms with van der Waals surface area (Å²) in [5.41, 5.74) is 9.48. The van der Waals surface area contributed by atoms with Gasteiger partial charge in [-0.25, -0.2) is 4.98 Å². The zero-order valence-electron chi connectivity index (χ0n) is 12.2. The van der Waals surface area contributed by atoms with Crippen LogP contribution >= 0.6 is 11.3 Å². The Bertz CT molecular complexity index is 944. The predicted molar refractivity (Wildman–Crippen MR) is 93.2 cm³/mol. The van der Waals surface area contributed by atoms with Gasteiger partial charge in [-0.15, -0.1) is 11.3 Å². The van der Waals surface area contributed by atoms with Crippen LogP contribution in [0.1, 0.15) is 5.56 Å². The van der Waals surface area contributed by atoms with E-state index in [0.29, 0.717) is 18.0 Å². The molecule has 0 aliphatic rings. The van der Waals surface area contributed by atoms with Crippen LogP contribution in [0.15, 0.2) is 48.1 Å². The first-order valence-electron chi connectivity index (χ1n) is 7.13. The van der Waals surface area contributed by atoms with Crippen molar-refractivity contribution in [2.75, 3.05) is 11.1 Å². The van der Waals surface area contributed by atoms with E-state index in [0.717, 1.165) is 5.52 Å². The van der Waals surface area contributed by atoms with Crippen LogP contribution in [0.5, 0.6) is 0 Å². The highest BCUT2D eigenvalue weighted by Crippen LogP contribution is 2.28. The first-order chi connectivity index (χ1) is 11.3. The highest BCUT2D eigenvalue weighted by atomic mass is 32.1. The van der Waals surface area contributed by atoms with Gasteiger partial charge in [0.1, 0.15) is 5.52 Å². The number of rotatable bonds is 4. The number of fused-ring (bicyclic) bond motifs is 1. The van der Waals surface area contributed by atoms with E-state index >= 15 is 0 Å². The van der Waals surface area contributed by atoms with E-state index in [2.05, 4.69) is 54.9 Å². The Labute approximate surface area is 136 Å². The normalized spacial score (nSPS) is 11.0. The molecule has 6 nitrogen and oxygen atoms in total. The lowest BCUT2D eigenvalue weighted by Gasteiger charge is -2.10. The van der Waals surface area contributed by atoms with Gasteiger partial charge in [0.2, 0.25) is 5.95 Å². The Kier molecular flexibility index (Phi) is 3.39. The second-order valence-electron chi connectivity index (χ2n) is 5.02. The molecule has 4 N–H and O–H groups in total. The van der Waals surface area contributed by atoms with E-state index in [-0.39, 0.29) is 5.95 Å². The highest BCUT2D eigenvalue weighted by Gasteiger charge is 2.10. The number of imidazole rings is 1. The lowest BCUT2D eigenvalue weighted by molar-refractivity contribution is 1.11. The fraction of sp³-hybridized carbons (Fsp3) is 0.0625. The minimum atomic E-state index is 0.207. The van der Waals surface area contributed by atoms with Crippen molar-refractivity contribution in [2.24, 2.45) is 0 Å². The van der Waals surface area contributed by atoms with Gasteiger partial charge in [-0.1, -0.05) is 30.3 Å². The van der Waals surface area contributed by atoms with Crippen molar-refractivity contribution in [1.82, 2.24) is 19.9 Å². The summed E-state index contributed by atoms with van der Waals surface area (Å²) in [7, 11) is 0. The molecule has 1 aromatic carbocycles. The van der Waals surface area contributed by atoms with E-state index in [1.165, 1.54) is 16.0 Å². The molecule has 0 fully saturated rings. The van der Waals surface area contributed by atoms with Crippen LogP contribution in [0.25, 0.3) is 21.6 Å². The van der Waals surface area contributed by atoms with E-state index in [1.807, 2.05) is 12.1 Å². The molecule has 0 radical (unpaired) electrons. The van der Waals surface area contributed by atoms with Crippen molar-refractivity contribution >= 4 is 34.3 Å². The molecule has 3 aromatic heterocycles. The smallest absolute Gasteiger partial charge is 0.224 e. The van der Waals surface area contributed by atoms with Gasteiger partial charge >= 0.3 is 0 Å². The third-order valence-corrected chi connectivity index (χ3v) is 4.46.